The summed E-state index contributed by atoms with van der Waals surface area (Å²) >= 11 is 0. The first-order chi connectivity index (χ1) is 24.8. The highest BCUT2D eigenvalue weighted by Crippen LogP contribution is 2.41. The molecule has 6 aromatic carbocycles. The smallest absolute Gasteiger partial charge is 0.156 e. The molecule has 0 amide bonds. The summed E-state index contributed by atoms with van der Waals surface area (Å²) in [5, 5.41) is 4.82. The van der Waals surface area contributed by atoms with Crippen LogP contribution >= 0.6 is 0 Å². The largest absolute Gasteiger partial charge is 0.309 e. The Morgan fingerprint density at radius 1 is 0.380 bits per heavy atom. The number of hydrogen-bond acceptors (Lipinski definition) is 3. The lowest BCUT2D eigenvalue weighted by Gasteiger charge is -2.11. The third-order valence-corrected chi connectivity index (χ3v) is 9.61. The van der Waals surface area contributed by atoms with Crippen LogP contribution in [-0.4, -0.2) is 24.1 Å². The molecule has 0 aliphatic carbocycles. The first kappa shape index (κ1) is 28.2. The van der Waals surface area contributed by atoms with Crippen molar-refractivity contribution in [2.24, 2.45) is 0 Å². The van der Waals surface area contributed by atoms with Crippen LogP contribution in [0.5, 0.6) is 0 Å². The highest BCUT2D eigenvalue weighted by molar-refractivity contribution is 6.26. The summed E-state index contributed by atoms with van der Waals surface area (Å²) in [5.41, 5.74) is 11.3. The summed E-state index contributed by atoms with van der Waals surface area (Å²) in [4.78, 5) is 15.2. The van der Waals surface area contributed by atoms with Crippen LogP contribution in [-0.2, 0) is 0 Å². The zero-order valence-corrected chi connectivity index (χ0v) is 27.0. The number of para-hydroxylation sites is 3. The number of nitrogens with zero attached hydrogens (tertiary/aromatic N) is 5. The number of hydrogen-bond donors (Lipinski definition) is 0. The second kappa shape index (κ2) is 11.4. The van der Waals surface area contributed by atoms with Crippen LogP contribution in [0.4, 0.5) is 0 Å². The van der Waals surface area contributed by atoms with E-state index in [1.807, 2.05) is 48.8 Å². The zero-order valence-electron chi connectivity index (χ0n) is 27.0. The van der Waals surface area contributed by atoms with E-state index in [0.717, 1.165) is 56.3 Å². The number of rotatable bonds is 5. The number of fused-ring (bicyclic) bond motifs is 7. The second-order valence-corrected chi connectivity index (χ2v) is 12.5. The molecule has 0 saturated heterocycles. The van der Waals surface area contributed by atoms with Gasteiger partial charge in [0, 0.05) is 43.9 Å². The topological polar surface area (TPSA) is 48.5 Å². The lowest BCUT2D eigenvalue weighted by molar-refractivity contribution is 1.04. The van der Waals surface area contributed by atoms with Crippen LogP contribution in [0.2, 0.25) is 0 Å². The van der Waals surface area contributed by atoms with Gasteiger partial charge in [0.25, 0.3) is 0 Å². The van der Waals surface area contributed by atoms with Crippen LogP contribution in [0.1, 0.15) is 0 Å². The lowest BCUT2D eigenvalue weighted by atomic mass is 10.0. The molecular formula is C45H29N5. The highest BCUT2D eigenvalue weighted by Gasteiger charge is 2.21. The van der Waals surface area contributed by atoms with Crippen LogP contribution in [0, 0.1) is 0 Å². The normalized spacial score (nSPS) is 11.6. The van der Waals surface area contributed by atoms with E-state index in [0.29, 0.717) is 0 Å². The first-order valence-electron chi connectivity index (χ1n) is 16.8. The monoisotopic (exact) mass is 639 g/mol. The molecule has 0 spiro atoms. The summed E-state index contributed by atoms with van der Waals surface area (Å²) in [5.74, 6) is 0.766. The molecule has 234 valence electrons. The molecule has 0 aliphatic rings. The molecule has 0 radical (unpaired) electrons. The lowest BCUT2D eigenvalue weighted by Crippen LogP contribution is -2.00. The standard InChI is InChI=1S/C45H29N5/c1-4-14-30(15-5-1)37-26-32(27-38(48-37)31-16-6-2-7-17-31)39-28-47-43(29-46-39)50-41-23-13-11-21-36(41)44-42(50)25-24-35-34-20-10-12-22-40(34)49(45(35)44)33-18-8-3-9-19-33/h1-29H. The molecule has 0 unspecified atom stereocenters. The molecule has 50 heavy (non-hydrogen) atoms. The average Bonchev–Trinajstić information content (AvgIpc) is 3.72. The van der Waals surface area contributed by atoms with Crippen molar-refractivity contribution in [1.29, 1.82) is 0 Å². The molecule has 10 rings (SSSR count). The van der Waals surface area contributed by atoms with Crippen molar-refractivity contribution < 1.29 is 0 Å². The Balaban J connectivity index is 1.18. The number of benzene rings is 6. The maximum absolute atomic E-state index is 5.08. The quantitative estimate of drug-likeness (QED) is 0.188. The third kappa shape index (κ3) is 4.45. The van der Waals surface area contributed by atoms with E-state index < -0.39 is 0 Å². The van der Waals surface area contributed by atoms with Gasteiger partial charge in [0.15, 0.2) is 5.82 Å². The van der Waals surface area contributed by atoms with Gasteiger partial charge in [-0.1, -0.05) is 121 Å². The molecule has 4 aromatic heterocycles. The van der Waals surface area contributed by atoms with E-state index in [4.69, 9.17) is 15.0 Å². The molecule has 0 bridgehead atoms. The molecular weight excluding hydrogens is 611 g/mol. The zero-order chi connectivity index (χ0) is 33.0. The van der Waals surface area contributed by atoms with Crippen LogP contribution < -0.4 is 0 Å². The van der Waals surface area contributed by atoms with Crippen molar-refractivity contribution in [3.63, 3.8) is 0 Å². The highest BCUT2D eigenvalue weighted by atomic mass is 15.1. The van der Waals surface area contributed by atoms with E-state index in [2.05, 4.69) is 137 Å². The predicted octanol–water partition coefficient (Wildman–Crippen LogP) is 11.1. The maximum Gasteiger partial charge on any atom is 0.156 e. The van der Waals surface area contributed by atoms with Gasteiger partial charge in [-0.25, -0.2) is 9.97 Å². The van der Waals surface area contributed by atoms with Gasteiger partial charge >= 0.3 is 0 Å². The fourth-order valence-electron chi connectivity index (χ4n) is 7.38. The first-order valence-corrected chi connectivity index (χ1v) is 16.8. The summed E-state index contributed by atoms with van der Waals surface area (Å²) in [6, 6.07) is 57.2. The average molecular weight is 640 g/mol. The summed E-state index contributed by atoms with van der Waals surface area (Å²) in [7, 11) is 0. The molecule has 0 saturated carbocycles. The second-order valence-electron chi connectivity index (χ2n) is 12.5. The Morgan fingerprint density at radius 3 is 1.60 bits per heavy atom. The van der Waals surface area contributed by atoms with E-state index in [1.165, 1.54) is 32.6 Å². The van der Waals surface area contributed by atoms with Crippen molar-refractivity contribution in [2.75, 3.05) is 0 Å². The molecule has 5 heteroatoms. The number of aromatic nitrogens is 5. The molecule has 4 heterocycles. The van der Waals surface area contributed by atoms with Gasteiger partial charge < -0.3 is 4.57 Å². The molecule has 0 atom stereocenters. The van der Waals surface area contributed by atoms with Gasteiger partial charge in [-0.15, -0.1) is 0 Å². The Kier molecular flexibility index (Phi) is 6.42. The van der Waals surface area contributed by atoms with Crippen LogP contribution in [0.3, 0.4) is 0 Å². The van der Waals surface area contributed by atoms with Crippen molar-refractivity contribution in [3.8, 4) is 45.3 Å². The Bertz CT molecular complexity index is 2780. The fraction of sp³-hybridized carbons (Fsp3) is 0. The van der Waals surface area contributed by atoms with Crippen LogP contribution in [0.15, 0.2) is 176 Å². The third-order valence-electron chi connectivity index (χ3n) is 9.61. The SMILES string of the molecule is c1ccc(-c2cc(-c3cnc(-n4c5ccccc5c5c4ccc4c6ccccc6n(-c6ccccc6)c45)cn3)cc(-c3ccccc3)n2)cc1. The Labute approximate surface area is 288 Å². The number of pyridine rings is 1. The summed E-state index contributed by atoms with van der Waals surface area (Å²) in [6.45, 7) is 0. The molecule has 0 aliphatic heterocycles. The minimum atomic E-state index is 0.766. The van der Waals surface area contributed by atoms with Gasteiger partial charge in [0.2, 0.25) is 0 Å². The Morgan fingerprint density at radius 2 is 0.960 bits per heavy atom. The van der Waals surface area contributed by atoms with Crippen molar-refractivity contribution in [2.45, 2.75) is 0 Å². The van der Waals surface area contributed by atoms with E-state index in [-0.39, 0.29) is 0 Å². The van der Waals surface area contributed by atoms with Crippen molar-refractivity contribution in [3.05, 3.63) is 176 Å². The van der Waals surface area contributed by atoms with Gasteiger partial charge in [-0.2, -0.15) is 0 Å². The van der Waals surface area contributed by atoms with Gasteiger partial charge in [-0.05, 0) is 42.5 Å². The van der Waals surface area contributed by atoms with Gasteiger partial charge in [0.05, 0.1) is 51.5 Å². The van der Waals surface area contributed by atoms with Crippen molar-refractivity contribution >= 4 is 43.6 Å². The van der Waals surface area contributed by atoms with E-state index in [1.54, 1.807) is 0 Å². The molecule has 5 nitrogen and oxygen atoms in total. The molecule has 0 fully saturated rings. The minimum Gasteiger partial charge on any atom is -0.309 e. The van der Waals surface area contributed by atoms with E-state index in [9.17, 15) is 0 Å². The summed E-state index contributed by atoms with van der Waals surface area (Å²) < 4.78 is 4.64. The predicted molar refractivity (Wildman–Crippen MR) is 205 cm³/mol. The van der Waals surface area contributed by atoms with Gasteiger partial charge in [0.1, 0.15) is 0 Å². The molecule has 10 aromatic rings. The Hall–Kier alpha value is -6.85. The maximum atomic E-state index is 5.08. The van der Waals surface area contributed by atoms with E-state index >= 15 is 0 Å². The van der Waals surface area contributed by atoms with Crippen molar-refractivity contribution in [1.82, 2.24) is 24.1 Å². The summed E-state index contributed by atoms with van der Waals surface area (Å²) in [6.07, 6.45) is 3.78. The fourth-order valence-corrected chi connectivity index (χ4v) is 7.38. The van der Waals surface area contributed by atoms with Gasteiger partial charge in [-0.3, -0.25) is 9.55 Å². The minimum absolute atomic E-state index is 0.766. The molecule has 0 N–H and O–H groups in total. The van der Waals surface area contributed by atoms with Crippen LogP contribution in [0.25, 0.3) is 88.9 Å².